The van der Waals surface area contributed by atoms with Crippen LogP contribution in [0.3, 0.4) is 0 Å². The first kappa shape index (κ1) is 22.1. The van der Waals surface area contributed by atoms with E-state index in [0.717, 1.165) is 41.8 Å². The van der Waals surface area contributed by atoms with E-state index in [0.29, 0.717) is 0 Å². The summed E-state index contributed by atoms with van der Waals surface area (Å²) in [6.07, 6.45) is 19.2. The lowest BCUT2D eigenvalue weighted by Crippen LogP contribution is -2.53. The molecular weight excluding hydrogens is 399 g/mol. The van der Waals surface area contributed by atoms with Crippen molar-refractivity contribution in [2.24, 2.45) is 0 Å². The second kappa shape index (κ2) is 10.5. The molecule has 3 nitrogen and oxygen atoms in total. The third kappa shape index (κ3) is 5.19. The molecule has 0 aromatic heterocycles. The molecule has 0 amide bonds. The number of nitrogens with one attached hydrogen (secondary N) is 2. The van der Waals surface area contributed by atoms with Crippen LogP contribution in [0.2, 0.25) is 0 Å². The van der Waals surface area contributed by atoms with Gasteiger partial charge in [-0.15, -0.1) is 5.73 Å². The van der Waals surface area contributed by atoms with Gasteiger partial charge in [0.25, 0.3) is 0 Å². The normalized spacial score (nSPS) is 23.2. The van der Waals surface area contributed by atoms with Gasteiger partial charge in [-0.3, -0.25) is 0 Å². The molecule has 1 heterocycles. The smallest absolute Gasteiger partial charge is 0.165 e. The second-order valence-corrected chi connectivity index (χ2v) is 8.17. The van der Waals surface area contributed by atoms with Gasteiger partial charge in [0.15, 0.2) is 5.83 Å². The molecule has 1 aromatic rings. The van der Waals surface area contributed by atoms with Crippen LogP contribution < -0.4 is 15.4 Å². The van der Waals surface area contributed by atoms with Gasteiger partial charge in [0.2, 0.25) is 0 Å². The molecule has 0 radical (unpaired) electrons. The summed E-state index contributed by atoms with van der Waals surface area (Å²) in [7, 11) is 1.70. The second-order valence-electron chi connectivity index (χ2n) is 8.17. The number of ether oxygens (including phenoxy) is 1. The lowest BCUT2D eigenvalue weighted by molar-refractivity contribution is 0.307. The van der Waals surface area contributed by atoms with E-state index in [9.17, 15) is 4.39 Å². The zero-order chi connectivity index (χ0) is 22.3. The van der Waals surface area contributed by atoms with Gasteiger partial charge in [-0.25, -0.2) is 0 Å². The van der Waals surface area contributed by atoms with Crippen LogP contribution in [0, 0.1) is 0 Å². The van der Waals surface area contributed by atoms with Crippen molar-refractivity contribution in [3.63, 3.8) is 0 Å². The summed E-state index contributed by atoms with van der Waals surface area (Å²) in [5.41, 5.74) is 10.0. The van der Waals surface area contributed by atoms with Crippen LogP contribution in [0.25, 0.3) is 5.57 Å². The predicted octanol–water partition coefficient (Wildman–Crippen LogP) is 5.64. The van der Waals surface area contributed by atoms with E-state index in [1.807, 2.05) is 36.4 Å². The van der Waals surface area contributed by atoms with Crippen molar-refractivity contribution in [3.05, 3.63) is 107 Å². The number of methoxy groups -OCH3 is 1. The monoisotopic (exact) mass is 428 g/mol. The van der Waals surface area contributed by atoms with Crippen molar-refractivity contribution in [2.45, 2.75) is 37.9 Å². The zero-order valence-corrected chi connectivity index (χ0v) is 18.6. The van der Waals surface area contributed by atoms with Gasteiger partial charge >= 0.3 is 0 Å². The van der Waals surface area contributed by atoms with Gasteiger partial charge in [-0.2, -0.15) is 4.39 Å². The topological polar surface area (TPSA) is 33.3 Å². The molecule has 0 spiro atoms. The van der Waals surface area contributed by atoms with Gasteiger partial charge in [0, 0.05) is 23.7 Å². The van der Waals surface area contributed by atoms with Crippen LogP contribution >= 0.6 is 0 Å². The van der Waals surface area contributed by atoms with E-state index >= 15 is 0 Å². The van der Waals surface area contributed by atoms with Crippen LogP contribution in [-0.4, -0.2) is 25.7 Å². The maximum Gasteiger partial charge on any atom is 0.165 e. The fourth-order valence-electron chi connectivity index (χ4n) is 4.43. The molecule has 4 heteroatoms. The quantitative estimate of drug-likeness (QED) is 0.576. The highest BCUT2D eigenvalue weighted by atomic mass is 19.1. The number of rotatable bonds is 6. The van der Waals surface area contributed by atoms with Crippen molar-refractivity contribution >= 4 is 5.57 Å². The lowest BCUT2D eigenvalue weighted by Gasteiger charge is -2.36. The Bertz CT molecular complexity index is 1110. The van der Waals surface area contributed by atoms with Gasteiger partial charge in [-0.05, 0) is 91.6 Å². The fourth-order valence-corrected chi connectivity index (χ4v) is 4.43. The molecule has 1 saturated heterocycles. The number of halogens is 1. The van der Waals surface area contributed by atoms with Gasteiger partial charge in [-0.1, -0.05) is 30.0 Å². The molecule has 3 aliphatic rings. The minimum atomic E-state index is -0.372. The first-order chi connectivity index (χ1) is 15.7. The summed E-state index contributed by atoms with van der Waals surface area (Å²) >= 11 is 0. The Kier molecular flexibility index (Phi) is 7.21. The van der Waals surface area contributed by atoms with Gasteiger partial charge < -0.3 is 15.4 Å². The van der Waals surface area contributed by atoms with Gasteiger partial charge in [0.05, 0.1) is 7.11 Å². The fraction of sp³-hybridized carbons (Fsp3) is 0.286. The van der Waals surface area contributed by atoms with Crippen molar-refractivity contribution in [3.8, 4) is 5.75 Å². The summed E-state index contributed by atoms with van der Waals surface area (Å²) < 4.78 is 19.2. The molecule has 3 atom stereocenters. The third-order valence-electron chi connectivity index (χ3n) is 6.06. The average molecular weight is 429 g/mol. The van der Waals surface area contributed by atoms with Crippen molar-refractivity contribution < 1.29 is 9.13 Å². The number of benzene rings is 1. The molecule has 2 aliphatic carbocycles. The summed E-state index contributed by atoms with van der Waals surface area (Å²) in [5.74, 6) is 0.468. The van der Waals surface area contributed by atoms with Crippen LogP contribution in [0.15, 0.2) is 95.7 Å². The first-order valence-corrected chi connectivity index (χ1v) is 11.1. The standard InChI is InChI=1S/C28H29FN2O/c1-20(31-26-13-8-18-30-28(26)22-9-5-3-4-6-10-22)25-19-23(15-17-27(25)32-2)21-11-7-12-24(29)16-14-21/h3,5-7,9-11,14-17,19-20,26,28,30-31H,8,13,18H2,1-2H3/t20-,26+,28+/m1/s1. The van der Waals surface area contributed by atoms with E-state index < -0.39 is 0 Å². The lowest BCUT2D eigenvalue weighted by atomic mass is 9.90. The molecule has 0 bridgehead atoms. The van der Waals surface area contributed by atoms with Gasteiger partial charge in [0.1, 0.15) is 5.75 Å². The van der Waals surface area contributed by atoms with Crippen molar-refractivity contribution in [1.29, 1.82) is 0 Å². The SMILES string of the molecule is COc1ccc(C2=CC=C=C(F)C=C2)cc1[C@@H](C)N[C@H]1CCCN[C@H]1C1=CC=C=CC=C1. The molecule has 1 aromatic carbocycles. The Morgan fingerprint density at radius 3 is 2.94 bits per heavy atom. The molecule has 164 valence electrons. The Labute approximate surface area is 189 Å². The number of hydrogen-bond donors (Lipinski definition) is 2. The molecule has 1 aliphatic heterocycles. The van der Waals surface area contributed by atoms with Crippen LogP contribution in [0.1, 0.15) is 36.9 Å². The number of hydrogen-bond acceptors (Lipinski definition) is 3. The highest BCUT2D eigenvalue weighted by Crippen LogP contribution is 2.31. The Morgan fingerprint density at radius 2 is 2.06 bits per heavy atom. The Morgan fingerprint density at radius 1 is 1.16 bits per heavy atom. The van der Waals surface area contributed by atoms with E-state index in [-0.39, 0.29) is 24.0 Å². The molecular formula is C28H29FN2O. The van der Waals surface area contributed by atoms with E-state index in [4.69, 9.17) is 4.74 Å². The molecule has 2 N–H and O–H groups in total. The average Bonchev–Trinajstić information content (AvgIpc) is 3.22. The van der Waals surface area contributed by atoms with E-state index in [2.05, 4.69) is 47.2 Å². The van der Waals surface area contributed by atoms with Crippen LogP contribution in [-0.2, 0) is 0 Å². The van der Waals surface area contributed by atoms with E-state index in [1.54, 1.807) is 19.3 Å². The molecule has 32 heavy (non-hydrogen) atoms. The van der Waals surface area contributed by atoms with Crippen LogP contribution in [0.4, 0.5) is 4.39 Å². The molecule has 1 fully saturated rings. The summed E-state index contributed by atoms with van der Waals surface area (Å²) in [6, 6.07) is 6.71. The summed E-state index contributed by atoms with van der Waals surface area (Å²) in [4.78, 5) is 0. The van der Waals surface area contributed by atoms with E-state index in [1.165, 1.54) is 11.6 Å². The van der Waals surface area contributed by atoms with Crippen molar-refractivity contribution in [2.75, 3.05) is 13.7 Å². The zero-order valence-electron chi connectivity index (χ0n) is 18.6. The molecule has 0 saturated carbocycles. The molecule has 4 rings (SSSR count). The highest BCUT2D eigenvalue weighted by Gasteiger charge is 2.28. The third-order valence-corrected chi connectivity index (χ3v) is 6.06. The first-order valence-electron chi connectivity index (χ1n) is 11.1. The highest BCUT2D eigenvalue weighted by molar-refractivity contribution is 5.77. The summed E-state index contributed by atoms with van der Waals surface area (Å²) in [5, 5.41) is 7.53. The minimum absolute atomic E-state index is 0.0714. The predicted molar refractivity (Wildman–Crippen MR) is 129 cm³/mol. The maximum atomic E-state index is 13.5. The Balaban J connectivity index is 1.58. The number of piperidine rings is 1. The summed E-state index contributed by atoms with van der Waals surface area (Å²) in [6.45, 7) is 3.18. The maximum absolute atomic E-state index is 13.5. The van der Waals surface area contributed by atoms with Crippen LogP contribution in [0.5, 0.6) is 5.75 Å². The van der Waals surface area contributed by atoms with Crippen molar-refractivity contribution in [1.82, 2.24) is 10.6 Å². The molecule has 0 unspecified atom stereocenters. The minimum Gasteiger partial charge on any atom is -0.496 e. The number of allylic oxidation sites excluding steroid dienone is 8. The largest absolute Gasteiger partial charge is 0.496 e. The Hall–Kier alpha value is -3.13.